The van der Waals surface area contributed by atoms with Crippen molar-refractivity contribution in [2.75, 3.05) is 17.7 Å². The molecule has 0 spiro atoms. The zero-order valence-corrected chi connectivity index (χ0v) is 21.7. The van der Waals surface area contributed by atoms with E-state index >= 15 is 0 Å². The van der Waals surface area contributed by atoms with Gasteiger partial charge in [-0.15, -0.1) is 15.3 Å². The zero-order chi connectivity index (χ0) is 26.7. The first-order valence-corrected chi connectivity index (χ1v) is 13.1. The van der Waals surface area contributed by atoms with Crippen LogP contribution in [-0.2, 0) is 30.5 Å². The minimum atomic E-state index is -0.746. The number of ether oxygens (including phenoxy) is 1. The number of hydrogen-bond donors (Lipinski definition) is 3. The highest BCUT2D eigenvalue weighted by molar-refractivity contribution is 7.15. The number of rotatable bonds is 13. The molecule has 198 valence electrons. The molecular formula is C27H29FN6O3S. The molecule has 0 aliphatic carbocycles. The molecule has 2 aromatic heterocycles. The van der Waals surface area contributed by atoms with Gasteiger partial charge in [0.1, 0.15) is 11.2 Å². The Kier molecular flexibility index (Phi) is 9.65. The summed E-state index contributed by atoms with van der Waals surface area (Å²) < 4.78 is 18.7. The predicted octanol–water partition coefficient (Wildman–Crippen LogP) is 4.20. The highest BCUT2D eigenvalue weighted by Crippen LogP contribution is 2.20. The second kappa shape index (κ2) is 13.5. The average Bonchev–Trinajstić information content (AvgIpc) is 3.35. The molecule has 0 aliphatic rings. The minimum Gasteiger partial charge on any atom is -0.494 e. The van der Waals surface area contributed by atoms with Crippen LogP contribution in [0.5, 0.6) is 5.75 Å². The van der Waals surface area contributed by atoms with E-state index in [2.05, 4.69) is 31.0 Å². The molecule has 11 heteroatoms. The van der Waals surface area contributed by atoms with Gasteiger partial charge in [0.05, 0.1) is 19.2 Å². The van der Waals surface area contributed by atoms with Gasteiger partial charge in [0.2, 0.25) is 11.0 Å². The van der Waals surface area contributed by atoms with E-state index < -0.39 is 12.0 Å². The number of carbonyl (C=O) groups excluding carboxylic acids is 1. The van der Waals surface area contributed by atoms with E-state index in [4.69, 9.17) is 4.74 Å². The number of nitrogens with zero attached hydrogens (tertiary/aromatic N) is 4. The van der Waals surface area contributed by atoms with Crippen molar-refractivity contribution in [1.29, 1.82) is 0 Å². The molecule has 0 bridgehead atoms. The van der Waals surface area contributed by atoms with Gasteiger partial charge in [-0.3, -0.25) is 4.79 Å². The van der Waals surface area contributed by atoms with Gasteiger partial charge in [-0.1, -0.05) is 47.7 Å². The van der Waals surface area contributed by atoms with Crippen LogP contribution >= 0.6 is 11.3 Å². The summed E-state index contributed by atoms with van der Waals surface area (Å²) in [5.74, 6) is -0.135. The Labute approximate surface area is 224 Å². The lowest BCUT2D eigenvalue weighted by molar-refractivity contribution is -0.115. The number of nitrogens with one attached hydrogen (secondary N) is 2. The van der Waals surface area contributed by atoms with E-state index in [0.717, 1.165) is 41.9 Å². The van der Waals surface area contributed by atoms with Gasteiger partial charge in [-0.2, -0.15) is 5.10 Å². The quantitative estimate of drug-likeness (QED) is 0.172. The van der Waals surface area contributed by atoms with Crippen LogP contribution in [0.15, 0.2) is 60.7 Å². The Bertz CT molecular complexity index is 1320. The summed E-state index contributed by atoms with van der Waals surface area (Å²) in [6, 6.07) is 17.9. The van der Waals surface area contributed by atoms with Crippen molar-refractivity contribution in [1.82, 2.24) is 20.4 Å². The zero-order valence-electron chi connectivity index (χ0n) is 20.9. The normalized spacial score (nSPS) is 11.7. The van der Waals surface area contributed by atoms with Crippen LogP contribution in [0, 0.1) is 5.82 Å². The third-order valence-corrected chi connectivity index (χ3v) is 6.57. The first-order chi connectivity index (χ1) is 18.5. The van der Waals surface area contributed by atoms with Crippen molar-refractivity contribution in [2.45, 2.75) is 44.8 Å². The highest BCUT2D eigenvalue weighted by Gasteiger charge is 2.11. The highest BCUT2D eigenvalue weighted by atomic mass is 32.1. The molecule has 0 saturated carbocycles. The summed E-state index contributed by atoms with van der Waals surface area (Å²) in [6.45, 7) is 0. The maximum absolute atomic E-state index is 13.8. The van der Waals surface area contributed by atoms with Gasteiger partial charge in [0.15, 0.2) is 17.4 Å². The summed E-state index contributed by atoms with van der Waals surface area (Å²) in [5, 5.41) is 33.7. The Hall–Kier alpha value is -3.96. The molecule has 0 saturated heterocycles. The van der Waals surface area contributed by atoms with Crippen molar-refractivity contribution in [3.05, 3.63) is 88.3 Å². The van der Waals surface area contributed by atoms with Crippen LogP contribution in [0.3, 0.4) is 0 Å². The van der Waals surface area contributed by atoms with Gasteiger partial charge in [0, 0.05) is 12.8 Å². The number of benzene rings is 2. The van der Waals surface area contributed by atoms with Gasteiger partial charge < -0.3 is 20.5 Å². The fraction of sp³-hybridized carbons (Fsp3) is 0.296. The number of anilines is 2. The molecule has 0 aliphatic heterocycles. The molecule has 4 rings (SSSR count). The average molecular weight is 537 g/mol. The van der Waals surface area contributed by atoms with E-state index in [9.17, 15) is 14.3 Å². The lowest BCUT2D eigenvalue weighted by Gasteiger charge is -2.13. The smallest absolute Gasteiger partial charge is 0.230 e. The SMILES string of the molecule is COc1ccc(CC(=O)Nc2nnc(CCCCc3ccc(NC(O)Cc4ccccc4)nn3)s2)cc1F. The van der Waals surface area contributed by atoms with Crippen LogP contribution in [-0.4, -0.2) is 44.7 Å². The maximum Gasteiger partial charge on any atom is 0.230 e. The first kappa shape index (κ1) is 27.1. The number of amides is 1. The molecule has 1 unspecified atom stereocenters. The molecule has 0 fully saturated rings. The van der Waals surface area contributed by atoms with Crippen molar-refractivity contribution >= 4 is 28.2 Å². The number of aromatic nitrogens is 4. The van der Waals surface area contributed by atoms with Gasteiger partial charge in [-0.05, 0) is 54.7 Å². The molecule has 38 heavy (non-hydrogen) atoms. The number of halogens is 1. The summed E-state index contributed by atoms with van der Waals surface area (Å²) in [6.07, 6.45) is 3.02. The van der Waals surface area contributed by atoms with Crippen LogP contribution in [0.4, 0.5) is 15.3 Å². The van der Waals surface area contributed by atoms with Crippen molar-refractivity contribution < 1.29 is 19.0 Å². The van der Waals surface area contributed by atoms with E-state index in [0.29, 0.717) is 22.9 Å². The third-order valence-electron chi connectivity index (χ3n) is 5.67. The minimum absolute atomic E-state index is 0.0250. The van der Waals surface area contributed by atoms with Crippen molar-refractivity contribution in [3.63, 3.8) is 0 Å². The second-order valence-corrected chi connectivity index (χ2v) is 9.72. The number of carbonyl (C=O) groups is 1. The molecule has 2 heterocycles. The molecule has 1 amide bonds. The van der Waals surface area contributed by atoms with Gasteiger partial charge in [0.25, 0.3) is 0 Å². The van der Waals surface area contributed by atoms with Gasteiger partial charge >= 0.3 is 0 Å². The Morgan fingerprint density at radius 2 is 1.82 bits per heavy atom. The number of aryl methyl sites for hydroxylation is 2. The van der Waals surface area contributed by atoms with Crippen LogP contribution in [0.25, 0.3) is 0 Å². The number of unbranched alkanes of at least 4 members (excludes halogenated alkanes) is 1. The molecule has 9 nitrogen and oxygen atoms in total. The summed E-state index contributed by atoms with van der Waals surface area (Å²) in [4.78, 5) is 12.3. The molecule has 1 atom stereocenters. The van der Waals surface area contributed by atoms with Crippen molar-refractivity contribution in [3.8, 4) is 5.75 Å². The fourth-order valence-electron chi connectivity index (χ4n) is 3.79. The van der Waals surface area contributed by atoms with E-state index in [1.54, 1.807) is 6.07 Å². The number of aliphatic hydroxyl groups is 1. The molecule has 0 radical (unpaired) electrons. The lowest BCUT2D eigenvalue weighted by atomic mass is 10.1. The summed E-state index contributed by atoms with van der Waals surface area (Å²) >= 11 is 1.33. The second-order valence-electron chi connectivity index (χ2n) is 8.66. The number of hydrogen-bond acceptors (Lipinski definition) is 9. The van der Waals surface area contributed by atoms with Crippen LogP contribution in [0.2, 0.25) is 0 Å². The Balaban J connectivity index is 1.15. The van der Waals surface area contributed by atoms with E-state index in [1.807, 2.05) is 42.5 Å². The molecular weight excluding hydrogens is 507 g/mol. The number of aliphatic hydroxyl groups excluding tert-OH is 1. The van der Waals surface area contributed by atoms with Crippen molar-refractivity contribution in [2.24, 2.45) is 0 Å². The molecule has 2 aromatic carbocycles. The first-order valence-electron chi connectivity index (χ1n) is 12.2. The summed E-state index contributed by atoms with van der Waals surface area (Å²) in [7, 11) is 1.39. The van der Waals surface area contributed by atoms with E-state index in [-0.39, 0.29) is 18.1 Å². The topological polar surface area (TPSA) is 122 Å². The Morgan fingerprint density at radius 1 is 1.00 bits per heavy atom. The van der Waals surface area contributed by atoms with E-state index in [1.165, 1.54) is 30.6 Å². The Morgan fingerprint density at radius 3 is 2.55 bits per heavy atom. The van der Waals surface area contributed by atoms with Gasteiger partial charge in [-0.25, -0.2) is 4.39 Å². The molecule has 4 aromatic rings. The standard InChI is InChI=1S/C27H29FN6O3S/c1-37-22-13-11-19(15-21(22)28)17-25(36)30-27-34-33-26(38-27)10-6-5-9-20-12-14-23(32-31-20)29-24(35)16-18-7-3-2-4-8-18/h2-4,7-8,11-15,24,35H,5-6,9-10,16-17H2,1H3,(H,29,32)(H,30,34,36). The monoisotopic (exact) mass is 536 g/mol. The summed E-state index contributed by atoms with van der Waals surface area (Å²) in [5.41, 5.74) is 2.45. The fourth-order valence-corrected chi connectivity index (χ4v) is 4.58. The predicted molar refractivity (Wildman–Crippen MR) is 144 cm³/mol. The largest absolute Gasteiger partial charge is 0.494 e. The molecule has 3 N–H and O–H groups in total. The maximum atomic E-state index is 13.8. The van der Waals surface area contributed by atoms with Crippen LogP contribution in [0.1, 0.15) is 34.7 Å². The third kappa shape index (κ3) is 8.29. The lowest BCUT2D eigenvalue weighted by Crippen LogP contribution is -2.22. The number of methoxy groups -OCH3 is 1. The van der Waals surface area contributed by atoms with Crippen LogP contribution < -0.4 is 15.4 Å².